The summed E-state index contributed by atoms with van der Waals surface area (Å²) in [4.78, 5) is 37.0. The molecule has 0 bridgehead atoms. The van der Waals surface area contributed by atoms with Crippen LogP contribution in [0.15, 0.2) is 30.9 Å². The van der Waals surface area contributed by atoms with Crippen LogP contribution >= 0.6 is 0 Å². The minimum absolute atomic E-state index is 0.168. The van der Waals surface area contributed by atoms with Crippen LogP contribution in [-0.2, 0) is 16.1 Å². The van der Waals surface area contributed by atoms with Crippen molar-refractivity contribution in [1.82, 2.24) is 14.9 Å². The lowest BCUT2D eigenvalue weighted by Crippen LogP contribution is -2.45. The van der Waals surface area contributed by atoms with Gasteiger partial charge in [0.2, 0.25) is 5.91 Å². The number of likely N-dealkylation sites (tertiary alicyclic amines) is 1. The molecule has 4 heterocycles. The number of β-amino-alcohol motifs (C(OH)–C–C–N with tert-alkyl or cyclic N) is 1. The van der Waals surface area contributed by atoms with E-state index in [1.807, 2.05) is 17.9 Å². The number of hydrogen-bond donors (Lipinski definition) is 1. The number of cyclic esters (lactones) is 1. The maximum atomic E-state index is 13.2. The van der Waals surface area contributed by atoms with Crippen molar-refractivity contribution < 1.29 is 19.4 Å². The second kappa shape index (κ2) is 7.69. The zero-order valence-electron chi connectivity index (χ0n) is 17.6. The van der Waals surface area contributed by atoms with Crippen molar-refractivity contribution in [2.24, 2.45) is 5.41 Å². The Labute approximate surface area is 180 Å². The summed E-state index contributed by atoms with van der Waals surface area (Å²) in [5.74, 6) is -0.126. The summed E-state index contributed by atoms with van der Waals surface area (Å²) in [7, 11) is 0. The van der Waals surface area contributed by atoms with E-state index in [1.165, 1.54) is 6.33 Å². The molecule has 3 aliphatic rings. The summed E-state index contributed by atoms with van der Waals surface area (Å²) in [6, 6.07) is 3.58. The van der Waals surface area contributed by atoms with Crippen LogP contribution in [0, 0.1) is 12.3 Å². The standard InChI is InChI=1S/C23H26N4O4/c1-15-17(2-3-18-19(15)13-31-21(18)29)20(28)12-26-7-4-23(5-8-26)6-9-27(22(23)30)16-10-24-14-25-11-16/h2-3,10-11,14,20,28H,4-9,12-13H2,1H3/t20-/m0/s1. The number of piperidine rings is 1. The number of ether oxygens (including phenoxy) is 1. The fourth-order valence-corrected chi connectivity index (χ4v) is 5.20. The highest BCUT2D eigenvalue weighted by molar-refractivity contribution is 5.99. The van der Waals surface area contributed by atoms with Crippen molar-refractivity contribution in [3.63, 3.8) is 0 Å². The van der Waals surface area contributed by atoms with Crippen LogP contribution in [-0.4, -0.2) is 58.0 Å². The molecule has 1 aromatic heterocycles. The predicted octanol–water partition coefficient (Wildman–Crippen LogP) is 2.01. The molecule has 31 heavy (non-hydrogen) atoms. The monoisotopic (exact) mass is 422 g/mol. The zero-order chi connectivity index (χ0) is 21.6. The summed E-state index contributed by atoms with van der Waals surface area (Å²) in [6.45, 7) is 4.96. The molecule has 0 saturated carbocycles. The minimum atomic E-state index is -0.646. The van der Waals surface area contributed by atoms with Crippen LogP contribution in [0.2, 0.25) is 0 Å². The second-order valence-electron chi connectivity index (χ2n) is 8.78. The summed E-state index contributed by atoms with van der Waals surface area (Å²) < 4.78 is 5.12. The maximum absolute atomic E-state index is 13.2. The fourth-order valence-electron chi connectivity index (χ4n) is 5.20. The van der Waals surface area contributed by atoms with Gasteiger partial charge in [-0.15, -0.1) is 0 Å². The largest absolute Gasteiger partial charge is 0.457 e. The molecule has 1 amide bonds. The summed E-state index contributed by atoms with van der Waals surface area (Å²) in [6.07, 6.45) is 6.61. The highest BCUT2D eigenvalue weighted by Gasteiger charge is 2.48. The number of amides is 1. The summed E-state index contributed by atoms with van der Waals surface area (Å²) in [5, 5.41) is 10.9. The van der Waals surface area contributed by atoms with Crippen molar-refractivity contribution in [3.8, 4) is 0 Å². The lowest BCUT2D eigenvalue weighted by Gasteiger charge is -2.38. The van der Waals surface area contributed by atoms with Gasteiger partial charge in [0.15, 0.2) is 0 Å². The maximum Gasteiger partial charge on any atom is 0.338 e. The Morgan fingerprint density at radius 3 is 2.58 bits per heavy atom. The third kappa shape index (κ3) is 3.40. The van der Waals surface area contributed by atoms with E-state index in [-0.39, 0.29) is 23.9 Å². The number of carbonyl (C=O) groups excluding carboxylic acids is 2. The lowest BCUT2D eigenvalue weighted by molar-refractivity contribution is -0.128. The van der Waals surface area contributed by atoms with Gasteiger partial charge in [0, 0.05) is 18.7 Å². The number of anilines is 1. The molecule has 2 saturated heterocycles. The average Bonchev–Trinajstić information content (AvgIpc) is 3.32. The van der Waals surface area contributed by atoms with Crippen molar-refractivity contribution in [2.45, 2.75) is 38.9 Å². The van der Waals surface area contributed by atoms with Gasteiger partial charge in [-0.1, -0.05) is 6.07 Å². The summed E-state index contributed by atoms with van der Waals surface area (Å²) in [5.41, 5.74) is 3.68. The molecule has 0 unspecified atom stereocenters. The molecule has 0 radical (unpaired) electrons. The third-order valence-corrected chi connectivity index (χ3v) is 7.18. The molecular weight excluding hydrogens is 396 g/mol. The lowest BCUT2D eigenvalue weighted by atomic mass is 9.77. The zero-order valence-corrected chi connectivity index (χ0v) is 17.6. The number of benzene rings is 1. The fraction of sp³-hybridized carbons (Fsp3) is 0.478. The molecule has 0 aliphatic carbocycles. The third-order valence-electron chi connectivity index (χ3n) is 7.18. The van der Waals surface area contributed by atoms with Crippen LogP contribution in [0.4, 0.5) is 5.69 Å². The first-order chi connectivity index (χ1) is 15.0. The first-order valence-corrected chi connectivity index (χ1v) is 10.8. The van der Waals surface area contributed by atoms with E-state index in [1.54, 1.807) is 18.5 Å². The van der Waals surface area contributed by atoms with E-state index in [0.29, 0.717) is 18.7 Å². The van der Waals surface area contributed by atoms with Crippen LogP contribution in [0.1, 0.15) is 52.4 Å². The van der Waals surface area contributed by atoms with E-state index < -0.39 is 6.10 Å². The van der Waals surface area contributed by atoms with E-state index in [4.69, 9.17) is 4.74 Å². The molecule has 1 atom stereocenters. The Bertz CT molecular complexity index is 1020. The van der Waals surface area contributed by atoms with Crippen molar-refractivity contribution in [1.29, 1.82) is 0 Å². The molecule has 162 valence electrons. The molecule has 8 nitrogen and oxygen atoms in total. The van der Waals surface area contributed by atoms with Crippen LogP contribution in [0.5, 0.6) is 0 Å². The topological polar surface area (TPSA) is 95.9 Å². The van der Waals surface area contributed by atoms with E-state index in [9.17, 15) is 14.7 Å². The smallest absolute Gasteiger partial charge is 0.338 e. The van der Waals surface area contributed by atoms with Crippen molar-refractivity contribution in [3.05, 3.63) is 53.1 Å². The SMILES string of the molecule is Cc1c([C@@H](O)CN2CCC3(CC2)CCN(c2cncnc2)C3=O)ccc2c1COC2=O. The molecule has 8 heteroatoms. The van der Waals surface area contributed by atoms with Crippen LogP contribution < -0.4 is 4.90 Å². The normalized spacial score (nSPS) is 21.4. The second-order valence-corrected chi connectivity index (χ2v) is 8.78. The number of aliphatic hydroxyl groups is 1. The Morgan fingerprint density at radius 2 is 1.84 bits per heavy atom. The number of rotatable bonds is 4. The molecule has 2 fully saturated rings. The van der Waals surface area contributed by atoms with Gasteiger partial charge in [-0.3, -0.25) is 4.79 Å². The van der Waals surface area contributed by atoms with Crippen LogP contribution in [0.25, 0.3) is 0 Å². The van der Waals surface area contributed by atoms with Gasteiger partial charge in [0.25, 0.3) is 0 Å². The molecular formula is C23H26N4O4. The van der Waals surface area contributed by atoms with Gasteiger partial charge in [-0.05, 0) is 56.5 Å². The molecule has 5 rings (SSSR count). The number of fused-ring (bicyclic) bond motifs is 1. The van der Waals surface area contributed by atoms with E-state index in [0.717, 1.165) is 54.7 Å². The molecule has 1 spiro atoms. The van der Waals surface area contributed by atoms with E-state index >= 15 is 0 Å². The number of aliphatic hydroxyl groups excluding tert-OH is 1. The highest BCUT2D eigenvalue weighted by Crippen LogP contribution is 2.43. The van der Waals surface area contributed by atoms with Gasteiger partial charge >= 0.3 is 5.97 Å². The molecule has 3 aliphatic heterocycles. The quantitative estimate of drug-likeness (QED) is 0.753. The van der Waals surface area contributed by atoms with Crippen LogP contribution in [0.3, 0.4) is 0 Å². The average molecular weight is 422 g/mol. The van der Waals surface area contributed by atoms with Crippen molar-refractivity contribution >= 4 is 17.6 Å². The number of carbonyl (C=O) groups is 2. The Balaban J connectivity index is 1.23. The Morgan fingerprint density at radius 1 is 1.13 bits per heavy atom. The van der Waals surface area contributed by atoms with Gasteiger partial charge in [-0.25, -0.2) is 14.8 Å². The number of nitrogens with zero attached hydrogens (tertiary/aromatic N) is 4. The first-order valence-electron chi connectivity index (χ1n) is 10.8. The minimum Gasteiger partial charge on any atom is -0.457 e. The number of aromatic nitrogens is 2. The predicted molar refractivity (Wildman–Crippen MR) is 112 cm³/mol. The number of esters is 1. The number of hydrogen-bond acceptors (Lipinski definition) is 7. The Hall–Kier alpha value is -2.84. The van der Waals surface area contributed by atoms with E-state index in [2.05, 4.69) is 14.9 Å². The Kier molecular flexibility index (Phi) is 4.98. The van der Waals surface area contributed by atoms with Crippen molar-refractivity contribution in [2.75, 3.05) is 31.1 Å². The highest BCUT2D eigenvalue weighted by atomic mass is 16.5. The summed E-state index contributed by atoms with van der Waals surface area (Å²) >= 11 is 0. The first kappa shape index (κ1) is 20.1. The van der Waals surface area contributed by atoms with Gasteiger partial charge in [0.1, 0.15) is 12.9 Å². The molecule has 2 aromatic rings. The van der Waals surface area contributed by atoms with Gasteiger partial charge in [-0.2, -0.15) is 0 Å². The van der Waals surface area contributed by atoms with Gasteiger partial charge in [0.05, 0.1) is 35.2 Å². The molecule has 1 aromatic carbocycles. The molecule has 1 N–H and O–H groups in total. The van der Waals surface area contributed by atoms with Gasteiger partial charge < -0.3 is 19.6 Å².